The number of hydrogen-bond donors (Lipinski definition) is 0. The minimum absolute atomic E-state index is 0.226. The first kappa shape index (κ1) is 17.4. The summed E-state index contributed by atoms with van der Waals surface area (Å²) in [5.41, 5.74) is 0.919. The number of esters is 1. The monoisotopic (exact) mass is 328 g/mol. The number of carbonyl (C=O) groups excluding carboxylic acids is 1. The average molecular weight is 328 g/mol. The van der Waals surface area contributed by atoms with E-state index in [1.54, 1.807) is 37.5 Å². The van der Waals surface area contributed by atoms with Gasteiger partial charge in [-0.2, -0.15) is 0 Å². The fourth-order valence-corrected chi connectivity index (χ4v) is 2.21. The highest BCUT2D eigenvalue weighted by Crippen LogP contribution is 2.43. The molecule has 2 rings (SSSR count). The maximum Gasteiger partial charge on any atom is 0.308 e. The van der Waals surface area contributed by atoms with Crippen molar-refractivity contribution in [1.82, 2.24) is 0 Å². The van der Waals surface area contributed by atoms with E-state index in [0.717, 1.165) is 5.56 Å². The predicted molar refractivity (Wildman–Crippen MR) is 91.3 cm³/mol. The largest absolute Gasteiger partial charge is 0.493 e. The van der Waals surface area contributed by atoms with Gasteiger partial charge in [-0.1, -0.05) is 18.2 Å². The molecule has 0 saturated carbocycles. The zero-order chi connectivity index (χ0) is 17.5. The lowest BCUT2D eigenvalue weighted by molar-refractivity contribution is -0.132. The first-order chi connectivity index (χ1) is 11.6. The van der Waals surface area contributed by atoms with Crippen molar-refractivity contribution in [3.63, 3.8) is 0 Å². The minimum Gasteiger partial charge on any atom is -0.493 e. The van der Waals surface area contributed by atoms with Gasteiger partial charge in [0.15, 0.2) is 23.0 Å². The van der Waals surface area contributed by atoms with Crippen LogP contribution in [0.4, 0.5) is 0 Å². The second kappa shape index (κ2) is 8.06. The Morgan fingerprint density at radius 3 is 2.25 bits per heavy atom. The average Bonchev–Trinajstić information content (AvgIpc) is 2.57. The molecule has 0 aromatic heterocycles. The highest BCUT2D eigenvalue weighted by Gasteiger charge is 2.18. The van der Waals surface area contributed by atoms with Crippen molar-refractivity contribution < 1.29 is 23.7 Å². The Morgan fingerprint density at radius 1 is 1.04 bits per heavy atom. The molecule has 5 heteroatoms. The Morgan fingerprint density at radius 2 is 1.67 bits per heavy atom. The SMILES string of the molecule is C=CCc1cc(OC)c(OC(C)=O)c(Oc2ccccc2OC)c1. The third-order valence-electron chi connectivity index (χ3n) is 3.22. The summed E-state index contributed by atoms with van der Waals surface area (Å²) in [5, 5.41) is 0. The summed E-state index contributed by atoms with van der Waals surface area (Å²) in [6.07, 6.45) is 2.39. The summed E-state index contributed by atoms with van der Waals surface area (Å²) in [5.74, 6) is 1.62. The lowest BCUT2D eigenvalue weighted by Crippen LogP contribution is -2.05. The smallest absolute Gasteiger partial charge is 0.308 e. The van der Waals surface area contributed by atoms with E-state index >= 15 is 0 Å². The number of carbonyl (C=O) groups is 1. The van der Waals surface area contributed by atoms with E-state index in [-0.39, 0.29) is 5.75 Å². The van der Waals surface area contributed by atoms with Crippen LogP contribution in [-0.2, 0) is 11.2 Å². The van der Waals surface area contributed by atoms with E-state index in [0.29, 0.717) is 29.4 Å². The first-order valence-corrected chi connectivity index (χ1v) is 7.40. The number of allylic oxidation sites excluding steroid dienone is 1. The molecule has 0 unspecified atom stereocenters. The van der Waals surface area contributed by atoms with Crippen LogP contribution in [0.5, 0.6) is 28.7 Å². The number of hydrogen-bond acceptors (Lipinski definition) is 5. The Kier molecular flexibility index (Phi) is 5.84. The molecule has 0 atom stereocenters. The fraction of sp³-hybridized carbons (Fsp3) is 0.211. The fourth-order valence-electron chi connectivity index (χ4n) is 2.21. The molecule has 0 aliphatic heterocycles. The molecule has 2 aromatic rings. The van der Waals surface area contributed by atoms with E-state index < -0.39 is 5.97 Å². The van der Waals surface area contributed by atoms with Crippen molar-refractivity contribution in [2.75, 3.05) is 14.2 Å². The number of rotatable bonds is 7. The van der Waals surface area contributed by atoms with E-state index in [9.17, 15) is 4.79 Å². The van der Waals surface area contributed by atoms with Gasteiger partial charge in [-0.25, -0.2) is 0 Å². The zero-order valence-electron chi connectivity index (χ0n) is 14.0. The third-order valence-corrected chi connectivity index (χ3v) is 3.22. The molecular weight excluding hydrogens is 308 g/mol. The predicted octanol–water partition coefficient (Wildman–Crippen LogP) is 4.15. The summed E-state index contributed by atoms with van der Waals surface area (Å²) in [6.45, 7) is 5.06. The Balaban J connectivity index is 2.53. The summed E-state index contributed by atoms with van der Waals surface area (Å²) in [4.78, 5) is 11.4. The van der Waals surface area contributed by atoms with Gasteiger partial charge in [-0.05, 0) is 36.2 Å². The number of methoxy groups -OCH3 is 2. The summed E-state index contributed by atoms with van der Waals surface area (Å²) in [7, 11) is 3.07. The van der Waals surface area contributed by atoms with E-state index in [2.05, 4.69) is 6.58 Å². The van der Waals surface area contributed by atoms with Crippen LogP contribution in [0, 0.1) is 0 Å². The molecule has 126 valence electrons. The highest BCUT2D eigenvalue weighted by molar-refractivity contribution is 5.72. The standard InChI is InChI=1S/C19H20O5/c1-5-8-14-11-17(22-4)19(23-13(2)20)18(12-14)24-16-10-7-6-9-15(16)21-3/h5-7,9-12H,1,8H2,2-4H3. The van der Waals surface area contributed by atoms with Gasteiger partial charge in [0.25, 0.3) is 0 Å². The lowest BCUT2D eigenvalue weighted by Gasteiger charge is -2.16. The summed E-state index contributed by atoms with van der Waals surface area (Å²) >= 11 is 0. The molecule has 0 amide bonds. The van der Waals surface area contributed by atoms with Crippen LogP contribution in [0.3, 0.4) is 0 Å². The van der Waals surface area contributed by atoms with Crippen LogP contribution in [0.2, 0.25) is 0 Å². The molecule has 0 spiro atoms. The minimum atomic E-state index is -0.463. The van der Waals surface area contributed by atoms with Crippen LogP contribution in [-0.4, -0.2) is 20.2 Å². The molecule has 2 aromatic carbocycles. The maximum absolute atomic E-state index is 11.4. The molecule has 0 radical (unpaired) electrons. The van der Waals surface area contributed by atoms with Crippen LogP contribution < -0.4 is 18.9 Å². The number of benzene rings is 2. The van der Waals surface area contributed by atoms with Gasteiger partial charge in [-0.3, -0.25) is 4.79 Å². The normalized spacial score (nSPS) is 9.96. The summed E-state index contributed by atoms with van der Waals surface area (Å²) < 4.78 is 21.9. The van der Waals surface area contributed by atoms with Gasteiger partial charge >= 0.3 is 5.97 Å². The van der Waals surface area contributed by atoms with Crippen LogP contribution in [0.1, 0.15) is 12.5 Å². The van der Waals surface area contributed by atoms with Gasteiger partial charge in [-0.15, -0.1) is 6.58 Å². The van der Waals surface area contributed by atoms with Gasteiger partial charge in [0, 0.05) is 6.92 Å². The number of para-hydroxylation sites is 2. The third kappa shape index (κ3) is 4.07. The van der Waals surface area contributed by atoms with E-state index in [1.165, 1.54) is 14.0 Å². The maximum atomic E-state index is 11.4. The van der Waals surface area contributed by atoms with Gasteiger partial charge in [0.2, 0.25) is 5.75 Å². The second-order valence-corrected chi connectivity index (χ2v) is 4.96. The molecule has 0 bridgehead atoms. The molecule has 0 heterocycles. The Labute approximate surface area is 141 Å². The van der Waals surface area contributed by atoms with Crippen LogP contribution >= 0.6 is 0 Å². The quantitative estimate of drug-likeness (QED) is 0.434. The van der Waals surface area contributed by atoms with Crippen LogP contribution in [0.15, 0.2) is 49.1 Å². The Bertz CT molecular complexity index is 737. The second-order valence-electron chi connectivity index (χ2n) is 4.96. The topological polar surface area (TPSA) is 54.0 Å². The van der Waals surface area contributed by atoms with Crippen molar-refractivity contribution in [1.29, 1.82) is 0 Å². The highest BCUT2D eigenvalue weighted by atomic mass is 16.6. The van der Waals surface area contributed by atoms with Crippen molar-refractivity contribution in [3.05, 3.63) is 54.6 Å². The Hall–Kier alpha value is -2.95. The van der Waals surface area contributed by atoms with Crippen molar-refractivity contribution in [2.45, 2.75) is 13.3 Å². The lowest BCUT2D eigenvalue weighted by atomic mass is 10.1. The zero-order valence-corrected chi connectivity index (χ0v) is 14.0. The van der Waals surface area contributed by atoms with E-state index in [4.69, 9.17) is 18.9 Å². The first-order valence-electron chi connectivity index (χ1n) is 7.40. The molecule has 0 saturated heterocycles. The van der Waals surface area contributed by atoms with Gasteiger partial charge in [0.05, 0.1) is 14.2 Å². The molecule has 0 fully saturated rings. The molecule has 5 nitrogen and oxygen atoms in total. The van der Waals surface area contributed by atoms with Crippen LogP contribution in [0.25, 0.3) is 0 Å². The van der Waals surface area contributed by atoms with Crippen molar-refractivity contribution in [2.24, 2.45) is 0 Å². The van der Waals surface area contributed by atoms with Gasteiger partial charge in [0.1, 0.15) is 0 Å². The molecule has 0 aliphatic rings. The molecule has 0 aliphatic carbocycles. The molecule has 0 N–H and O–H groups in total. The van der Waals surface area contributed by atoms with Gasteiger partial charge < -0.3 is 18.9 Å². The molecular formula is C19H20O5. The van der Waals surface area contributed by atoms with Crippen molar-refractivity contribution in [3.8, 4) is 28.7 Å². The van der Waals surface area contributed by atoms with Crippen molar-refractivity contribution >= 4 is 5.97 Å². The number of ether oxygens (including phenoxy) is 4. The summed E-state index contributed by atoms with van der Waals surface area (Å²) in [6, 6.07) is 10.8. The van der Waals surface area contributed by atoms with E-state index in [1.807, 2.05) is 12.1 Å². The molecule has 24 heavy (non-hydrogen) atoms.